The van der Waals surface area contributed by atoms with Gasteiger partial charge in [0.15, 0.2) is 0 Å². The van der Waals surface area contributed by atoms with Gasteiger partial charge in [-0.15, -0.1) is 0 Å². The summed E-state index contributed by atoms with van der Waals surface area (Å²) in [6, 6.07) is 11.2. The third-order valence-electron chi connectivity index (χ3n) is 2.65. The molecule has 0 unspecified atom stereocenters. The number of nitrogens with one attached hydrogen (secondary N) is 1. The van der Waals surface area contributed by atoms with E-state index in [1.54, 1.807) is 6.07 Å². The Labute approximate surface area is 122 Å². The molecule has 4 heteroatoms. The van der Waals surface area contributed by atoms with Gasteiger partial charge < -0.3 is 5.32 Å². The lowest BCUT2D eigenvalue weighted by molar-refractivity contribution is 1.12. The first-order valence-corrected chi connectivity index (χ1v) is 6.63. The summed E-state index contributed by atoms with van der Waals surface area (Å²) in [4.78, 5) is 0. The van der Waals surface area contributed by atoms with Gasteiger partial charge in [0, 0.05) is 27.3 Å². The van der Waals surface area contributed by atoms with Crippen molar-refractivity contribution in [2.24, 2.45) is 0 Å². The number of anilines is 1. The Hall–Kier alpha value is -0.890. The molecular weight excluding hydrogens is 289 g/mol. The van der Waals surface area contributed by atoms with Crippen LogP contribution in [0.4, 0.5) is 5.69 Å². The van der Waals surface area contributed by atoms with Crippen LogP contribution in [0.25, 0.3) is 0 Å². The van der Waals surface area contributed by atoms with Crippen LogP contribution in [0.5, 0.6) is 0 Å². The zero-order valence-electron chi connectivity index (χ0n) is 9.81. The number of rotatable bonds is 3. The number of halogens is 3. The third kappa shape index (κ3) is 3.55. The molecule has 0 aliphatic heterocycles. The molecule has 2 aromatic rings. The van der Waals surface area contributed by atoms with Gasteiger partial charge in [0.2, 0.25) is 0 Å². The molecule has 0 fully saturated rings. The van der Waals surface area contributed by atoms with E-state index in [2.05, 4.69) is 5.32 Å². The minimum Gasteiger partial charge on any atom is -0.381 e. The summed E-state index contributed by atoms with van der Waals surface area (Å²) in [6.07, 6.45) is 0. The Morgan fingerprint density at radius 3 is 2.17 bits per heavy atom. The van der Waals surface area contributed by atoms with Crippen molar-refractivity contribution in [2.75, 3.05) is 5.32 Å². The lowest BCUT2D eigenvalue weighted by atomic mass is 10.1. The van der Waals surface area contributed by atoms with Crippen LogP contribution in [0.15, 0.2) is 36.4 Å². The van der Waals surface area contributed by atoms with Crippen LogP contribution in [0.2, 0.25) is 15.1 Å². The van der Waals surface area contributed by atoms with Gasteiger partial charge in [-0.1, -0.05) is 40.9 Å². The van der Waals surface area contributed by atoms with Gasteiger partial charge in [-0.25, -0.2) is 0 Å². The van der Waals surface area contributed by atoms with Crippen LogP contribution in [0, 0.1) is 6.92 Å². The Morgan fingerprint density at radius 1 is 0.889 bits per heavy atom. The highest BCUT2D eigenvalue weighted by atomic mass is 35.5. The number of benzene rings is 2. The zero-order valence-corrected chi connectivity index (χ0v) is 12.1. The van der Waals surface area contributed by atoms with Crippen molar-refractivity contribution < 1.29 is 0 Å². The van der Waals surface area contributed by atoms with E-state index >= 15 is 0 Å². The van der Waals surface area contributed by atoms with Crippen LogP contribution in [0.3, 0.4) is 0 Å². The largest absolute Gasteiger partial charge is 0.381 e. The van der Waals surface area contributed by atoms with Crippen molar-refractivity contribution in [1.29, 1.82) is 0 Å². The van der Waals surface area contributed by atoms with Gasteiger partial charge >= 0.3 is 0 Å². The van der Waals surface area contributed by atoms with Gasteiger partial charge in [0.1, 0.15) is 0 Å². The summed E-state index contributed by atoms with van der Waals surface area (Å²) in [5, 5.41) is 5.29. The molecular formula is C14H12Cl3N. The molecule has 1 nitrogen and oxygen atoms in total. The van der Waals surface area contributed by atoms with Crippen LogP contribution in [-0.4, -0.2) is 0 Å². The molecule has 0 aliphatic rings. The van der Waals surface area contributed by atoms with Gasteiger partial charge in [-0.05, 0) is 48.4 Å². The highest BCUT2D eigenvalue weighted by Crippen LogP contribution is 2.23. The summed E-state index contributed by atoms with van der Waals surface area (Å²) in [6.45, 7) is 2.74. The van der Waals surface area contributed by atoms with Crippen molar-refractivity contribution in [3.05, 3.63) is 62.6 Å². The molecule has 0 saturated carbocycles. The molecule has 18 heavy (non-hydrogen) atoms. The van der Waals surface area contributed by atoms with Gasteiger partial charge in [0.05, 0.1) is 0 Å². The molecule has 0 heterocycles. The molecule has 0 bridgehead atoms. The maximum Gasteiger partial charge on any atom is 0.0441 e. The Morgan fingerprint density at radius 2 is 1.56 bits per heavy atom. The minimum atomic E-state index is 0.623. The van der Waals surface area contributed by atoms with E-state index in [9.17, 15) is 0 Å². The van der Waals surface area contributed by atoms with E-state index in [4.69, 9.17) is 34.8 Å². The number of aryl methyl sites for hydroxylation is 1. The molecule has 0 amide bonds. The maximum absolute atomic E-state index is 5.94. The van der Waals surface area contributed by atoms with E-state index in [-0.39, 0.29) is 0 Å². The minimum absolute atomic E-state index is 0.623. The van der Waals surface area contributed by atoms with Crippen molar-refractivity contribution in [2.45, 2.75) is 13.5 Å². The van der Waals surface area contributed by atoms with Crippen LogP contribution < -0.4 is 5.32 Å². The Kier molecular flexibility index (Phi) is 4.39. The average molecular weight is 301 g/mol. The monoisotopic (exact) mass is 299 g/mol. The summed E-state index contributed by atoms with van der Waals surface area (Å²) in [5.41, 5.74) is 3.25. The highest BCUT2D eigenvalue weighted by Gasteiger charge is 2.01. The fraction of sp³-hybridized carbons (Fsp3) is 0.143. The topological polar surface area (TPSA) is 12.0 Å². The van der Waals surface area contributed by atoms with Crippen LogP contribution in [0.1, 0.15) is 11.1 Å². The Bertz CT molecular complexity index is 547. The molecule has 94 valence electrons. The van der Waals surface area contributed by atoms with E-state index in [0.29, 0.717) is 16.6 Å². The zero-order chi connectivity index (χ0) is 13.1. The SMILES string of the molecule is Cc1cc(Cl)ccc1CNc1cc(Cl)cc(Cl)c1. The fourth-order valence-corrected chi connectivity index (χ4v) is 2.46. The molecule has 2 rings (SSSR count). The van der Waals surface area contributed by atoms with Gasteiger partial charge in [0.25, 0.3) is 0 Å². The lowest BCUT2D eigenvalue weighted by Crippen LogP contribution is -2.01. The van der Waals surface area contributed by atoms with Crippen LogP contribution >= 0.6 is 34.8 Å². The van der Waals surface area contributed by atoms with Crippen LogP contribution in [-0.2, 0) is 6.54 Å². The average Bonchev–Trinajstić information content (AvgIpc) is 2.26. The summed E-state index contributed by atoms with van der Waals surface area (Å²) in [5.74, 6) is 0. The molecule has 0 aliphatic carbocycles. The second-order valence-electron chi connectivity index (χ2n) is 4.08. The van der Waals surface area contributed by atoms with E-state index in [1.807, 2.05) is 37.3 Å². The molecule has 1 N–H and O–H groups in total. The maximum atomic E-state index is 5.94. The molecule has 0 atom stereocenters. The second kappa shape index (κ2) is 5.83. The lowest BCUT2D eigenvalue weighted by Gasteiger charge is -2.10. The quantitative estimate of drug-likeness (QED) is 0.781. The third-order valence-corrected chi connectivity index (χ3v) is 3.32. The molecule has 0 radical (unpaired) electrons. The van der Waals surface area contributed by atoms with Crippen molar-refractivity contribution in [3.63, 3.8) is 0 Å². The smallest absolute Gasteiger partial charge is 0.0441 e. The highest BCUT2D eigenvalue weighted by molar-refractivity contribution is 6.35. The standard InChI is InChI=1S/C14H12Cl3N/c1-9-4-11(15)3-2-10(9)8-18-14-6-12(16)5-13(17)7-14/h2-7,18H,8H2,1H3. The predicted octanol–water partition coefficient (Wildman–Crippen LogP) is 5.57. The summed E-state index contributed by atoms with van der Waals surface area (Å²) >= 11 is 17.8. The molecule has 0 spiro atoms. The summed E-state index contributed by atoms with van der Waals surface area (Å²) < 4.78 is 0. The molecule has 0 saturated heterocycles. The van der Waals surface area contributed by atoms with Crippen molar-refractivity contribution in [1.82, 2.24) is 0 Å². The predicted molar refractivity (Wildman–Crippen MR) is 80.0 cm³/mol. The van der Waals surface area contributed by atoms with Gasteiger partial charge in [-0.2, -0.15) is 0 Å². The fourth-order valence-electron chi connectivity index (χ4n) is 1.71. The first-order chi connectivity index (χ1) is 8.54. The van der Waals surface area contributed by atoms with E-state index in [1.165, 1.54) is 5.56 Å². The second-order valence-corrected chi connectivity index (χ2v) is 5.39. The Balaban J connectivity index is 2.11. The normalized spacial score (nSPS) is 10.4. The number of hydrogen-bond donors (Lipinski definition) is 1. The summed E-state index contributed by atoms with van der Waals surface area (Å²) in [7, 11) is 0. The molecule has 2 aromatic carbocycles. The first-order valence-electron chi connectivity index (χ1n) is 5.49. The van der Waals surface area contributed by atoms with E-state index in [0.717, 1.165) is 16.3 Å². The van der Waals surface area contributed by atoms with Gasteiger partial charge in [-0.3, -0.25) is 0 Å². The molecule has 0 aromatic heterocycles. The van der Waals surface area contributed by atoms with Crippen molar-refractivity contribution >= 4 is 40.5 Å². The first kappa shape index (κ1) is 13.5. The van der Waals surface area contributed by atoms with E-state index < -0.39 is 0 Å². The number of hydrogen-bond acceptors (Lipinski definition) is 1. The van der Waals surface area contributed by atoms with Crippen molar-refractivity contribution in [3.8, 4) is 0 Å².